The Hall–Kier alpha value is -0.950. The highest BCUT2D eigenvalue weighted by Gasteiger charge is 2.08. The maximum Gasteiger partial charge on any atom is 0.257 e. The number of halogens is 2. The molecule has 0 fully saturated rings. The van der Waals surface area contributed by atoms with Gasteiger partial charge in [-0.3, -0.25) is 9.78 Å². The molecule has 0 aliphatic heterocycles. The summed E-state index contributed by atoms with van der Waals surface area (Å²) in [6.45, 7) is 1.89. The summed E-state index contributed by atoms with van der Waals surface area (Å²) in [5.41, 5.74) is 2.20. The zero-order chi connectivity index (χ0) is 13.1. The van der Waals surface area contributed by atoms with Crippen molar-refractivity contribution in [3.63, 3.8) is 0 Å². The van der Waals surface area contributed by atoms with E-state index in [1.165, 1.54) is 0 Å². The van der Waals surface area contributed by atoms with Crippen molar-refractivity contribution in [2.24, 2.45) is 0 Å². The van der Waals surface area contributed by atoms with Gasteiger partial charge < -0.3 is 5.32 Å². The first-order chi connectivity index (χ1) is 8.56. The third-order valence-corrected chi connectivity index (χ3v) is 3.71. The molecule has 1 N–H and O–H groups in total. The number of nitrogens with zero attached hydrogens (tertiary/aromatic N) is 1. The molecule has 2 aromatic rings. The number of anilines is 1. The lowest BCUT2D eigenvalue weighted by molar-refractivity contribution is 0.102. The highest BCUT2D eigenvalue weighted by molar-refractivity contribution is 14.1. The maximum atomic E-state index is 12.0. The number of hydrogen-bond acceptors (Lipinski definition) is 2. The van der Waals surface area contributed by atoms with Gasteiger partial charge in [-0.15, -0.1) is 0 Å². The zero-order valence-electron chi connectivity index (χ0n) is 9.58. The van der Waals surface area contributed by atoms with E-state index >= 15 is 0 Å². The minimum absolute atomic E-state index is 0.162. The van der Waals surface area contributed by atoms with E-state index in [1.54, 1.807) is 12.3 Å². The molecule has 92 valence electrons. The van der Waals surface area contributed by atoms with Crippen LogP contribution in [-0.4, -0.2) is 10.9 Å². The van der Waals surface area contributed by atoms with E-state index in [4.69, 9.17) is 0 Å². The van der Waals surface area contributed by atoms with Crippen LogP contribution in [0.25, 0.3) is 0 Å². The molecule has 0 bridgehead atoms. The van der Waals surface area contributed by atoms with Gasteiger partial charge in [-0.25, -0.2) is 0 Å². The summed E-state index contributed by atoms with van der Waals surface area (Å²) >= 11 is 5.61. The predicted octanol–water partition coefficient (Wildman–Crippen LogP) is 4.01. The molecule has 0 unspecified atom stereocenters. The Kier molecular flexibility index (Phi) is 4.34. The largest absolute Gasteiger partial charge is 0.321 e. The normalized spacial score (nSPS) is 10.2. The van der Waals surface area contributed by atoms with E-state index in [0.717, 1.165) is 19.4 Å². The second kappa shape index (κ2) is 5.79. The molecule has 0 radical (unpaired) electrons. The summed E-state index contributed by atoms with van der Waals surface area (Å²) < 4.78 is 1.92. The molecule has 1 aromatic carbocycles. The standard InChI is InChI=1S/C13H10BrIN2O/c1-8-2-3-9(7-16-8)13(18)17-12-6-10(15)4-5-11(12)14/h2-7H,1H3,(H,17,18). The van der Waals surface area contributed by atoms with Gasteiger partial charge >= 0.3 is 0 Å². The lowest BCUT2D eigenvalue weighted by atomic mass is 10.2. The first kappa shape index (κ1) is 13.5. The van der Waals surface area contributed by atoms with Crippen molar-refractivity contribution in [3.05, 3.63) is 55.8 Å². The average molecular weight is 417 g/mol. The Morgan fingerprint density at radius 1 is 1.33 bits per heavy atom. The van der Waals surface area contributed by atoms with Crippen molar-refractivity contribution in [2.75, 3.05) is 5.32 Å². The second-order valence-corrected chi connectivity index (χ2v) is 5.87. The van der Waals surface area contributed by atoms with Crippen molar-refractivity contribution in [3.8, 4) is 0 Å². The highest BCUT2D eigenvalue weighted by atomic mass is 127. The molecule has 5 heteroatoms. The van der Waals surface area contributed by atoms with Gasteiger partial charge in [-0.1, -0.05) is 0 Å². The molecule has 0 atom stereocenters. The SMILES string of the molecule is Cc1ccc(C(=O)Nc2cc(I)ccc2Br)cn1. The lowest BCUT2D eigenvalue weighted by Crippen LogP contribution is -2.12. The molecule has 1 aromatic heterocycles. The fourth-order valence-corrected chi connectivity index (χ4v) is 2.23. The summed E-state index contributed by atoms with van der Waals surface area (Å²) in [5.74, 6) is -0.162. The molecule has 0 spiro atoms. The van der Waals surface area contributed by atoms with Gasteiger partial charge in [0.05, 0.1) is 11.3 Å². The number of amides is 1. The molecule has 0 saturated carbocycles. The summed E-state index contributed by atoms with van der Waals surface area (Å²) in [6, 6.07) is 9.36. The second-order valence-electron chi connectivity index (χ2n) is 3.77. The molecular formula is C13H10BrIN2O. The fraction of sp³-hybridized carbons (Fsp3) is 0.0769. The maximum absolute atomic E-state index is 12.0. The molecular weight excluding hydrogens is 407 g/mol. The monoisotopic (exact) mass is 416 g/mol. The van der Waals surface area contributed by atoms with Gasteiger partial charge in [-0.05, 0) is 75.8 Å². The average Bonchev–Trinajstić information content (AvgIpc) is 2.34. The molecule has 3 nitrogen and oxygen atoms in total. The van der Waals surface area contributed by atoms with Crippen LogP contribution in [0.1, 0.15) is 16.1 Å². The van der Waals surface area contributed by atoms with Crippen molar-refractivity contribution in [2.45, 2.75) is 6.92 Å². The quantitative estimate of drug-likeness (QED) is 0.751. The Morgan fingerprint density at radius 2 is 2.11 bits per heavy atom. The topological polar surface area (TPSA) is 42.0 Å². The van der Waals surface area contributed by atoms with Gasteiger partial charge in [0.15, 0.2) is 0 Å². The van der Waals surface area contributed by atoms with Gasteiger partial charge in [0.1, 0.15) is 0 Å². The Labute approximate surface area is 127 Å². The van der Waals surface area contributed by atoms with E-state index in [9.17, 15) is 4.79 Å². The lowest BCUT2D eigenvalue weighted by Gasteiger charge is -2.07. The zero-order valence-corrected chi connectivity index (χ0v) is 13.3. The van der Waals surface area contributed by atoms with E-state index in [0.29, 0.717) is 5.56 Å². The van der Waals surface area contributed by atoms with Gasteiger partial charge in [-0.2, -0.15) is 0 Å². The number of carbonyl (C=O) groups excluding carboxylic acids is 1. The van der Waals surface area contributed by atoms with E-state index in [-0.39, 0.29) is 5.91 Å². The van der Waals surface area contributed by atoms with Crippen molar-refractivity contribution in [1.29, 1.82) is 0 Å². The summed E-state index contributed by atoms with van der Waals surface area (Å²) in [7, 11) is 0. The molecule has 18 heavy (non-hydrogen) atoms. The number of aryl methyl sites for hydroxylation is 1. The number of pyridine rings is 1. The number of aromatic nitrogens is 1. The van der Waals surface area contributed by atoms with Crippen LogP contribution < -0.4 is 5.32 Å². The number of rotatable bonds is 2. The number of benzene rings is 1. The molecule has 0 aliphatic carbocycles. The third-order valence-electron chi connectivity index (χ3n) is 2.35. The molecule has 2 rings (SSSR count). The van der Waals surface area contributed by atoms with Crippen LogP contribution >= 0.6 is 38.5 Å². The van der Waals surface area contributed by atoms with Crippen molar-refractivity contribution in [1.82, 2.24) is 4.98 Å². The molecule has 1 amide bonds. The van der Waals surface area contributed by atoms with Crippen LogP contribution in [0.4, 0.5) is 5.69 Å². The van der Waals surface area contributed by atoms with Crippen LogP contribution in [0.2, 0.25) is 0 Å². The van der Waals surface area contributed by atoms with Crippen LogP contribution in [0.5, 0.6) is 0 Å². The summed E-state index contributed by atoms with van der Waals surface area (Å²) in [5, 5.41) is 2.86. The van der Waals surface area contributed by atoms with Crippen LogP contribution in [0.3, 0.4) is 0 Å². The van der Waals surface area contributed by atoms with Crippen molar-refractivity contribution < 1.29 is 4.79 Å². The number of carbonyl (C=O) groups is 1. The van der Waals surface area contributed by atoms with Gasteiger partial charge in [0, 0.05) is 19.9 Å². The number of hydrogen-bond donors (Lipinski definition) is 1. The number of nitrogens with one attached hydrogen (secondary N) is 1. The molecule has 0 saturated heterocycles. The van der Waals surface area contributed by atoms with E-state index in [1.807, 2.05) is 31.2 Å². The van der Waals surface area contributed by atoms with Gasteiger partial charge in [0.2, 0.25) is 0 Å². The molecule has 1 heterocycles. The Balaban J connectivity index is 2.21. The minimum Gasteiger partial charge on any atom is -0.321 e. The molecule has 0 aliphatic rings. The minimum atomic E-state index is -0.162. The predicted molar refractivity (Wildman–Crippen MR) is 83.8 cm³/mol. The fourth-order valence-electron chi connectivity index (χ4n) is 1.39. The van der Waals surface area contributed by atoms with Gasteiger partial charge in [0.25, 0.3) is 5.91 Å². The summed E-state index contributed by atoms with van der Waals surface area (Å²) in [6.07, 6.45) is 1.58. The third kappa shape index (κ3) is 3.29. The van der Waals surface area contributed by atoms with Crippen LogP contribution in [0, 0.1) is 10.5 Å². The Morgan fingerprint density at radius 3 is 2.78 bits per heavy atom. The van der Waals surface area contributed by atoms with E-state index < -0.39 is 0 Å². The first-order valence-electron chi connectivity index (χ1n) is 5.25. The van der Waals surface area contributed by atoms with Crippen LogP contribution in [0.15, 0.2) is 41.0 Å². The Bertz CT molecular complexity index is 584. The smallest absolute Gasteiger partial charge is 0.257 e. The summed E-state index contributed by atoms with van der Waals surface area (Å²) in [4.78, 5) is 16.1. The highest BCUT2D eigenvalue weighted by Crippen LogP contribution is 2.24. The first-order valence-corrected chi connectivity index (χ1v) is 7.12. The van der Waals surface area contributed by atoms with E-state index in [2.05, 4.69) is 48.8 Å². The van der Waals surface area contributed by atoms with Crippen molar-refractivity contribution >= 4 is 50.1 Å². The van der Waals surface area contributed by atoms with Crippen LogP contribution in [-0.2, 0) is 0 Å².